The van der Waals surface area contributed by atoms with Crippen molar-refractivity contribution in [2.45, 2.75) is 6.92 Å². The van der Waals surface area contributed by atoms with E-state index in [1.54, 1.807) is 36.9 Å². The van der Waals surface area contributed by atoms with Crippen LogP contribution in [0.1, 0.15) is 16.2 Å². The SMILES string of the molecule is Cc1cccc(C(=O)NCCS(=O)(=O)N2CCSCC2)n1. The van der Waals surface area contributed by atoms with Gasteiger partial charge in [-0.25, -0.2) is 17.7 Å². The van der Waals surface area contributed by atoms with E-state index in [2.05, 4.69) is 10.3 Å². The molecule has 0 spiro atoms. The summed E-state index contributed by atoms with van der Waals surface area (Å²) >= 11 is 1.76. The predicted octanol–water partition coefficient (Wildman–Crippen LogP) is 0.498. The molecule has 1 aromatic rings. The molecule has 2 heterocycles. The zero-order chi connectivity index (χ0) is 15.3. The van der Waals surface area contributed by atoms with E-state index in [0.29, 0.717) is 18.8 Å². The lowest BCUT2D eigenvalue weighted by atomic mass is 10.3. The molecule has 0 unspecified atom stereocenters. The Bertz CT molecular complexity index is 598. The predicted molar refractivity (Wildman–Crippen MR) is 84.0 cm³/mol. The standard InChI is InChI=1S/C13H19N3O3S2/c1-11-3-2-4-12(15-11)13(17)14-5-10-21(18,19)16-6-8-20-9-7-16/h2-4H,5-10H2,1H3,(H,14,17). The van der Waals surface area contributed by atoms with Crippen molar-refractivity contribution >= 4 is 27.7 Å². The summed E-state index contributed by atoms with van der Waals surface area (Å²) in [4.78, 5) is 16.0. The topological polar surface area (TPSA) is 79.4 Å². The Hall–Kier alpha value is -1.12. The van der Waals surface area contributed by atoms with E-state index in [4.69, 9.17) is 0 Å². The molecule has 1 aliphatic heterocycles. The number of carbonyl (C=O) groups excluding carboxylic acids is 1. The van der Waals surface area contributed by atoms with Gasteiger partial charge in [0.2, 0.25) is 10.0 Å². The second-order valence-electron chi connectivity index (χ2n) is 4.75. The molecule has 1 aromatic heterocycles. The van der Waals surface area contributed by atoms with Gasteiger partial charge in [0, 0.05) is 36.8 Å². The molecule has 0 bridgehead atoms. The third-order valence-electron chi connectivity index (χ3n) is 3.13. The maximum absolute atomic E-state index is 12.1. The molecule has 1 fully saturated rings. The van der Waals surface area contributed by atoms with Crippen LogP contribution in [-0.4, -0.2) is 60.5 Å². The van der Waals surface area contributed by atoms with Crippen molar-refractivity contribution in [2.24, 2.45) is 0 Å². The fraction of sp³-hybridized carbons (Fsp3) is 0.538. The van der Waals surface area contributed by atoms with Gasteiger partial charge in [-0.3, -0.25) is 4.79 Å². The maximum Gasteiger partial charge on any atom is 0.269 e. The summed E-state index contributed by atoms with van der Waals surface area (Å²) in [6.07, 6.45) is 0. The summed E-state index contributed by atoms with van der Waals surface area (Å²) in [5, 5.41) is 2.61. The van der Waals surface area contributed by atoms with Crippen LogP contribution in [0.4, 0.5) is 0 Å². The van der Waals surface area contributed by atoms with E-state index in [9.17, 15) is 13.2 Å². The van der Waals surface area contributed by atoms with Gasteiger partial charge in [-0.1, -0.05) is 6.07 Å². The van der Waals surface area contributed by atoms with Crippen LogP contribution in [0.5, 0.6) is 0 Å². The van der Waals surface area contributed by atoms with Crippen molar-refractivity contribution in [2.75, 3.05) is 36.9 Å². The Kier molecular flexibility index (Phi) is 5.60. The van der Waals surface area contributed by atoms with Crippen LogP contribution >= 0.6 is 11.8 Å². The van der Waals surface area contributed by atoms with Crippen LogP contribution in [0.25, 0.3) is 0 Å². The first kappa shape index (κ1) is 16.3. The van der Waals surface area contributed by atoms with E-state index < -0.39 is 10.0 Å². The first-order valence-electron chi connectivity index (χ1n) is 6.76. The first-order valence-corrected chi connectivity index (χ1v) is 9.53. The summed E-state index contributed by atoms with van der Waals surface area (Å²) in [5.74, 6) is 1.25. The molecule has 0 saturated carbocycles. The molecule has 1 saturated heterocycles. The summed E-state index contributed by atoms with van der Waals surface area (Å²) < 4.78 is 25.7. The molecule has 8 heteroatoms. The van der Waals surface area contributed by atoms with Gasteiger partial charge in [-0.15, -0.1) is 0 Å². The Balaban J connectivity index is 1.84. The van der Waals surface area contributed by atoms with E-state index in [1.165, 1.54) is 4.31 Å². The van der Waals surface area contributed by atoms with Crippen LogP contribution in [0, 0.1) is 6.92 Å². The quantitative estimate of drug-likeness (QED) is 0.851. The number of carbonyl (C=O) groups is 1. The third-order valence-corrected chi connectivity index (χ3v) is 5.94. The second-order valence-corrected chi connectivity index (χ2v) is 8.06. The largest absolute Gasteiger partial charge is 0.350 e. The second kappa shape index (κ2) is 7.24. The molecule has 0 atom stereocenters. The minimum absolute atomic E-state index is 0.0742. The zero-order valence-corrected chi connectivity index (χ0v) is 13.5. The number of pyridine rings is 1. The lowest BCUT2D eigenvalue weighted by Gasteiger charge is -2.25. The summed E-state index contributed by atoms with van der Waals surface area (Å²) in [6.45, 7) is 3.01. The summed E-state index contributed by atoms with van der Waals surface area (Å²) in [7, 11) is -3.28. The number of nitrogens with zero attached hydrogens (tertiary/aromatic N) is 2. The highest BCUT2D eigenvalue weighted by Gasteiger charge is 2.23. The highest BCUT2D eigenvalue weighted by Crippen LogP contribution is 2.13. The average Bonchev–Trinajstić information content (AvgIpc) is 2.48. The minimum Gasteiger partial charge on any atom is -0.350 e. The number of amides is 1. The Morgan fingerprint density at radius 3 is 2.76 bits per heavy atom. The van der Waals surface area contributed by atoms with Gasteiger partial charge >= 0.3 is 0 Å². The maximum atomic E-state index is 12.1. The van der Waals surface area contributed by atoms with E-state index in [-0.39, 0.29) is 18.2 Å². The molecule has 1 amide bonds. The smallest absolute Gasteiger partial charge is 0.269 e. The molecule has 116 valence electrons. The lowest BCUT2D eigenvalue weighted by molar-refractivity contribution is 0.0951. The normalized spacial score (nSPS) is 16.6. The van der Waals surface area contributed by atoms with Crippen molar-refractivity contribution in [3.05, 3.63) is 29.6 Å². The molecule has 21 heavy (non-hydrogen) atoms. The molecular formula is C13H19N3O3S2. The van der Waals surface area contributed by atoms with E-state index in [1.807, 2.05) is 0 Å². The number of sulfonamides is 1. The van der Waals surface area contributed by atoms with Crippen molar-refractivity contribution in [1.29, 1.82) is 0 Å². The Morgan fingerprint density at radius 2 is 2.10 bits per heavy atom. The zero-order valence-electron chi connectivity index (χ0n) is 11.9. The van der Waals surface area contributed by atoms with E-state index in [0.717, 1.165) is 17.2 Å². The van der Waals surface area contributed by atoms with Gasteiger partial charge in [0.05, 0.1) is 5.75 Å². The molecule has 0 aliphatic carbocycles. The molecular weight excluding hydrogens is 310 g/mol. The molecule has 1 aliphatic rings. The number of thioether (sulfide) groups is 1. The average molecular weight is 329 g/mol. The van der Waals surface area contributed by atoms with Crippen molar-refractivity contribution in [3.63, 3.8) is 0 Å². The monoisotopic (exact) mass is 329 g/mol. The summed E-state index contributed by atoms with van der Waals surface area (Å²) in [6, 6.07) is 5.16. The number of hydrogen-bond donors (Lipinski definition) is 1. The fourth-order valence-corrected chi connectivity index (χ4v) is 4.50. The van der Waals surface area contributed by atoms with Gasteiger partial charge < -0.3 is 5.32 Å². The Labute approximate surface area is 129 Å². The van der Waals surface area contributed by atoms with Gasteiger partial charge in [-0.2, -0.15) is 11.8 Å². The number of hydrogen-bond acceptors (Lipinski definition) is 5. The van der Waals surface area contributed by atoms with Crippen molar-refractivity contribution < 1.29 is 13.2 Å². The number of aromatic nitrogens is 1. The Morgan fingerprint density at radius 1 is 1.38 bits per heavy atom. The lowest BCUT2D eigenvalue weighted by Crippen LogP contribution is -2.42. The van der Waals surface area contributed by atoms with Crippen LogP contribution in [0.3, 0.4) is 0 Å². The summed E-state index contributed by atoms with van der Waals surface area (Å²) in [5.41, 5.74) is 1.06. The molecule has 6 nitrogen and oxygen atoms in total. The van der Waals surface area contributed by atoms with Crippen molar-refractivity contribution in [1.82, 2.24) is 14.6 Å². The van der Waals surface area contributed by atoms with Crippen LogP contribution in [0.2, 0.25) is 0 Å². The third kappa shape index (κ3) is 4.69. The van der Waals surface area contributed by atoms with E-state index >= 15 is 0 Å². The van der Waals surface area contributed by atoms with Gasteiger partial charge in [0.1, 0.15) is 5.69 Å². The highest BCUT2D eigenvalue weighted by atomic mass is 32.2. The van der Waals surface area contributed by atoms with Gasteiger partial charge in [0.25, 0.3) is 5.91 Å². The molecule has 2 rings (SSSR count). The number of rotatable bonds is 5. The first-order chi connectivity index (χ1) is 9.99. The molecule has 0 aromatic carbocycles. The number of aryl methyl sites for hydroxylation is 1. The van der Waals surface area contributed by atoms with Crippen LogP contribution < -0.4 is 5.32 Å². The van der Waals surface area contributed by atoms with Crippen molar-refractivity contribution in [3.8, 4) is 0 Å². The molecule has 0 radical (unpaired) electrons. The minimum atomic E-state index is -3.28. The van der Waals surface area contributed by atoms with Crippen LogP contribution in [-0.2, 0) is 10.0 Å². The van der Waals surface area contributed by atoms with Gasteiger partial charge in [0.15, 0.2) is 0 Å². The fourth-order valence-electron chi connectivity index (χ4n) is 2.01. The molecule has 1 N–H and O–H groups in total. The van der Waals surface area contributed by atoms with Gasteiger partial charge in [-0.05, 0) is 19.1 Å². The van der Waals surface area contributed by atoms with Crippen LogP contribution in [0.15, 0.2) is 18.2 Å². The highest BCUT2D eigenvalue weighted by molar-refractivity contribution is 7.99. The number of nitrogens with one attached hydrogen (secondary N) is 1.